The third-order valence-corrected chi connectivity index (χ3v) is 5.02. The van der Waals surface area contributed by atoms with E-state index in [0.29, 0.717) is 0 Å². The molecule has 0 radical (unpaired) electrons. The van der Waals surface area contributed by atoms with Gasteiger partial charge >= 0.3 is 30.2 Å². The second-order valence-electron chi connectivity index (χ2n) is 9.28. The van der Waals surface area contributed by atoms with Crippen LogP contribution in [-0.4, -0.2) is 6.88 Å². The molecule has 0 aromatic heterocycles. The van der Waals surface area contributed by atoms with E-state index in [4.69, 9.17) is 0 Å². The fourth-order valence-electron chi connectivity index (χ4n) is 3.35. The van der Waals surface area contributed by atoms with Crippen molar-refractivity contribution in [1.82, 2.24) is 0 Å². The number of halogens is 2. The van der Waals surface area contributed by atoms with Crippen molar-refractivity contribution in [3.05, 3.63) is 89.0 Å². The molecule has 30 heavy (non-hydrogen) atoms. The molecule has 0 amide bonds. The summed E-state index contributed by atoms with van der Waals surface area (Å²) < 4.78 is 0. The molecule has 0 nitrogen and oxygen atoms in total. The first-order valence-corrected chi connectivity index (χ1v) is 15.8. The van der Waals surface area contributed by atoms with Gasteiger partial charge < -0.3 is 24.8 Å². The molecule has 1 aliphatic carbocycles. The molecule has 0 aliphatic heterocycles. The standard InChI is InChI=1S/C21H25.C5H5.2ClH.H2Si.Zr/c1-20(2,3)16-7-9-18-14(12-16)11-15-13-17(21(4,5)6)8-10-19(15)18;1-2-4-5-3-1;;;;/h7-10,12H,11H2,1-6H3;1-5H;2*1H;1H2;/q2*-1;;;;+2/p-2. The van der Waals surface area contributed by atoms with E-state index in [2.05, 4.69) is 77.9 Å². The van der Waals surface area contributed by atoms with E-state index < -0.39 is 0 Å². The third-order valence-electron chi connectivity index (χ3n) is 5.02. The molecule has 0 saturated carbocycles. The van der Waals surface area contributed by atoms with E-state index in [1.165, 1.54) is 33.4 Å². The zero-order valence-corrected chi connectivity index (χ0v) is 24.3. The Balaban J connectivity index is 0.000000809. The molecule has 0 atom stereocenters. The van der Waals surface area contributed by atoms with Gasteiger partial charge in [-0.3, -0.25) is 0 Å². The molecule has 0 saturated heterocycles. The Morgan fingerprint density at radius 2 is 1.40 bits per heavy atom. The Labute approximate surface area is 212 Å². The molecule has 0 N–H and O–H groups in total. The van der Waals surface area contributed by atoms with Crippen LogP contribution in [0.2, 0.25) is 0 Å². The topological polar surface area (TPSA) is 0 Å². The van der Waals surface area contributed by atoms with Crippen molar-refractivity contribution in [3.8, 4) is 11.1 Å². The fourth-order valence-corrected chi connectivity index (χ4v) is 3.35. The van der Waals surface area contributed by atoms with Gasteiger partial charge in [-0.25, -0.2) is 12.1 Å². The van der Waals surface area contributed by atoms with Gasteiger partial charge in [0, 0.05) is 0 Å². The summed E-state index contributed by atoms with van der Waals surface area (Å²) >= 11 is 1.58. The molecule has 3 aromatic rings. The number of rotatable bonds is 0. The van der Waals surface area contributed by atoms with Gasteiger partial charge in [-0.1, -0.05) is 65.3 Å². The summed E-state index contributed by atoms with van der Waals surface area (Å²) in [7, 11) is 0. The molecule has 160 valence electrons. The summed E-state index contributed by atoms with van der Waals surface area (Å²) in [6.07, 6.45) is 1.03. The molecular weight excluding hydrogens is 503 g/mol. The van der Waals surface area contributed by atoms with Crippen LogP contribution in [0.15, 0.2) is 60.7 Å². The smallest absolute Gasteiger partial charge is 0.172 e. The molecule has 0 heterocycles. The molecule has 0 bridgehead atoms. The normalized spacial score (nSPS) is 11.3. The molecule has 0 fully saturated rings. The largest absolute Gasteiger partial charge is 0.214 e. The Morgan fingerprint density at radius 3 is 1.87 bits per heavy atom. The van der Waals surface area contributed by atoms with Crippen molar-refractivity contribution in [1.29, 1.82) is 0 Å². The molecule has 3 aromatic carbocycles. The summed E-state index contributed by atoms with van der Waals surface area (Å²) in [5.41, 5.74) is 8.70. The maximum Gasteiger partial charge on any atom is -0.172 e. The van der Waals surface area contributed by atoms with Gasteiger partial charge in [0.05, 0.1) is 0 Å². The maximum atomic E-state index is 3.67. The van der Waals surface area contributed by atoms with Crippen LogP contribution in [0.3, 0.4) is 0 Å². The van der Waals surface area contributed by atoms with Crippen molar-refractivity contribution in [2.24, 2.45) is 0 Å². The first kappa shape index (κ1) is 29.5. The van der Waals surface area contributed by atoms with Crippen molar-refractivity contribution >= 4 is 6.88 Å². The molecule has 4 rings (SSSR count). The third kappa shape index (κ3) is 7.56. The molecule has 0 spiro atoms. The van der Waals surface area contributed by atoms with Gasteiger partial charge in [0.25, 0.3) is 0 Å². The van der Waals surface area contributed by atoms with Crippen LogP contribution in [0.5, 0.6) is 0 Å². The van der Waals surface area contributed by atoms with E-state index in [-0.39, 0.29) is 35.6 Å². The van der Waals surface area contributed by atoms with Crippen molar-refractivity contribution in [3.63, 3.8) is 0 Å². The van der Waals surface area contributed by atoms with Crippen LogP contribution in [0.25, 0.3) is 11.1 Å². The minimum absolute atomic E-state index is 0. The van der Waals surface area contributed by atoms with Gasteiger partial charge in [-0.2, -0.15) is 42.0 Å². The predicted molar refractivity (Wildman–Crippen MR) is 121 cm³/mol. The SMILES string of the molecule is CC(C)(C)c1[c-]c2c(cc1)-c1ccc(C(C)(C)C)cc1C2.[Cl-].[Cl-].[SiH2]=[Zr+2].c1cc[cH-]c1. The predicted octanol–water partition coefficient (Wildman–Crippen LogP) is 0.148. The average molecular weight is 535 g/mol. The summed E-state index contributed by atoms with van der Waals surface area (Å²) in [6, 6.07) is 25.2. The number of hydrogen-bond donors (Lipinski definition) is 0. The van der Waals surface area contributed by atoms with Crippen LogP contribution in [0.4, 0.5) is 0 Å². The summed E-state index contributed by atoms with van der Waals surface area (Å²) in [4.78, 5) is 0. The van der Waals surface area contributed by atoms with Crippen molar-refractivity contribution in [2.45, 2.75) is 58.8 Å². The van der Waals surface area contributed by atoms with E-state index in [0.717, 1.165) is 6.42 Å². The van der Waals surface area contributed by atoms with Crippen LogP contribution < -0.4 is 24.8 Å². The molecular formula is C26H32Cl2SiZr-2. The molecule has 0 unspecified atom stereocenters. The zero-order valence-electron chi connectivity index (χ0n) is 18.9. The monoisotopic (exact) mass is 532 g/mol. The van der Waals surface area contributed by atoms with Gasteiger partial charge in [0.1, 0.15) is 0 Å². The van der Waals surface area contributed by atoms with E-state index in [1.54, 1.807) is 23.3 Å². The molecule has 4 heteroatoms. The van der Waals surface area contributed by atoms with Gasteiger partial charge in [-0.15, -0.1) is 11.1 Å². The number of fused-ring (bicyclic) bond motifs is 3. The van der Waals surface area contributed by atoms with E-state index in [9.17, 15) is 0 Å². The first-order chi connectivity index (χ1) is 13.2. The Kier molecular flexibility index (Phi) is 12.3. The number of hydrogen-bond acceptors (Lipinski definition) is 0. The van der Waals surface area contributed by atoms with E-state index in [1.807, 2.05) is 37.2 Å². The zero-order chi connectivity index (χ0) is 20.9. The fraction of sp³-hybridized carbons (Fsp3) is 0.346. The Hall–Kier alpha value is -0.530. The Morgan fingerprint density at radius 1 is 0.833 bits per heavy atom. The average Bonchev–Trinajstić information content (AvgIpc) is 3.32. The van der Waals surface area contributed by atoms with Gasteiger partial charge in [0.15, 0.2) is 0 Å². The minimum Gasteiger partial charge on any atom is -0.214 e. The van der Waals surface area contributed by atoms with Gasteiger partial charge in [0.2, 0.25) is 0 Å². The van der Waals surface area contributed by atoms with Gasteiger partial charge in [-0.05, 0) is 28.4 Å². The first-order valence-electron chi connectivity index (χ1n) is 9.88. The van der Waals surface area contributed by atoms with Crippen LogP contribution in [0, 0.1) is 6.07 Å². The maximum absolute atomic E-state index is 3.67. The van der Waals surface area contributed by atoms with Crippen LogP contribution >= 0.6 is 0 Å². The summed E-state index contributed by atoms with van der Waals surface area (Å²) in [5, 5.41) is 0. The quantitative estimate of drug-likeness (QED) is 0.223. The minimum atomic E-state index is 0. The van der Waals surface area contributed by atoms with Crippen molar-refractivity contribution < 1.29 is 48.1 Å². The van der Waals surface area contributed by atoms with Crippen LogP contribution in [-0.2, 0) is 40.6 Å². The number of benzene rings is 2. The molecule has 1 aliphatic rings. The second kappa shape index (κ2) is 12.5. The Bertz CT molecular complexity index is 825. The summed E-state index contributed by atoms with van der Waals surface area (Å²) in [5.74, 6) is 0. The second-order valence-corrected chi connectivity index (χ2v) is 9.28. The van der Waals surface area contributed by atoms with Crippen LogP contribution in [0.1, 0.15) is 63.8 Å². The summed E-state index contributed by atoms with van der Waals surface area (Å²) in [6.45, 7) is 15.6. The van der Waals surface area contributed by atoms with E-state index >= 15 is 0 Å². The van der Waals surface area contributed by atoms with Crippen molar-refractivity contribution in [2.75, 3.05) is 0 Å².